The van der Waals surface area contributed by atoms with E-state index in [4.69, 9.17) is 0 Å². The van der Waals surface area contributed by atoms with E-state index in [0.29, 0.717) is 13.1 Å². The van der Waals surface area contributed by atoms with Crippen LogP contribution in [0.3, 0.4) is 0 Å². The molecular formula is C6H8N4O3. The van der Waals surface area contributed by atoms with E-state index in [2.05, 4.69) is 15.5 Å². The first-order valence-corrected chi connectivity index (χ1v) is 3.75. The van der Waals surface area contributed by atoms with Crippen molar-refractivity contribution in [3.8, 4) is 0 Å². The summed E-state index contributed by atoms with van der Waals surface area (Å²) in [5.74, 6) is -0.232. The van der Waals surface area contributed by atoms with Crippen LogP contribution in [0.5, 0.6) is 0 Å². The van der Waals surface area contributed by atoms with Crippen molar-refractivity contribution in [2.45, 2.75) is 5.60 Å². The molecule has 0 spiro atoms. The Hall–Kier alpha value is -1.47. The van der Waals surface area contributed by atoms with E-state index in [0.717, 1.165) is 0 Å². The average molecular weight is 184 g/mol. The van der Waals surface area contributed by atoms with Crippen LogP contribution in [0.25, 0.3) is 0 Å². The van der Waals surface area contributed by atoms with Gasteiger partial charge in [0.15, 0.2) is 0 Å². The molecule has 1 aromatic heterocycles. The maximum Gasteiger partial charge on any atom is 0.348 e. The zero-order valence-corrected chi connectivity index (χ0v) is 6.65. The van der Waals surface area contributed by atoms with Crippen molar-refractivity contribution in [1.82, 2.24) is 15.5 Å². The zero-order chi connectivity index (χ0) is 9.47. The van der Waals surface area contributed by atoms with E-state index in [1.54, 1.807) is 0 Å². The Labute approximate surface area is 72.9 Å². The number of β-amino-alcohol motifs (C(OH)–C–C–N with tert-alkyl or cyclic N) is 1. The second kappa shape index (κ2) is 2.51. The standard InChI is InChI=1S/C6H8N4O3/c11-6(2-7-3-6)4-1-8-9-5(4)10(12)13/h1,7,11H,2-3H2,(H,8,9). The van der Waals surface area contributed by atoms with E-state index in [1.165, 1.54) is 6.20 Å². The summed E-state index contributed by atoms with van der Waals surface area (Å²) in [6.45, 7) is 0.654. The molecule has 1 saturated heterocycles. The minimum atomic E-state index is -1.13. The van der Waals surface area contributed by atoms with Crippen LogP contribution in [0.15, 0.2) is 6.20 Å². The van der Waals surface area contributed by atoms with Gasteiger partial charge in [-0.1, -0.05) is 5.10 Å². The molecule has 0 aromatic carbocycles. The van der Waals surface area contributed by atoms with Crippen LogP contribution in [0.2, 0.25) is 0 Å². The maximum absolute atomic E-state index is 10.5. The fraction of sp³-hybridized carbons (Fsp3) is 0.500. The van der Waals surface area contributed by atoms with Crippen LogP contribution in [-0.4, -0.2) is 33.3 Å². The maximum atomic E-state index is 10.5. The number of nitrogens with zero attached hydrogens (tertiary/aromatic N) is 2. The summed E-state index contributed by atoms with van der Waals surface area (Å²) in [7, 11) is 0. The van der Waals surface area contributed by atoms with Crippen molar-refractivity contribution in [3.63, 3.8) is 0 Å². The molecule has 0 radical (unpaired) electrons. The van der Waals surface area contributed by atoms with Crippen LogP contribution < -0.4 is 5.32 Å². The number of aromatic amines is 1. The summed E-state index contributed by atoms with van der Waals surface area (Å²) >= 11 is 0. The fourth-order valence-corrected chi connectivity index (χ4v) is 1.31. The minimum Gasteiger partial charge on any atom is -0.382 e. The molecule has 0 atom stereocenters. The minimum absolute atomic E-state index is 0.232. The monoisotopic (exact) mass is 184 g/mol. The quantitative estimate of drug-likeness (QED) is 0.408. The van der Waals surface area contributed by atoms with Gasteiger partial charge in [0, 0.05) is 13.1 Å². The van der Waals surface area contributed by atoms with Gasteiger partial charge in [0.2, 0.25) is 0 Å². The van der Waals surface area contributed by atoms with Crippen LogP contribution in [0.4, 0.5) is 5.82 Å². The highest BCUT2D eigenvalue weighted by Crippen LogP contribution is 2.30. The number of nitro groups is 1. The molecule has 7 heteroatoms. The number of rotatable bonds is 2. The van der Waals surface area contributed by atoms with Gasteiger partial charge in [-0.3, -0.25) is 0 Å². The van der Waals surface area contributed by atoms with Crippen LogP contribution in [0, 0.1) is 10.1 Å². The summed E-state index contributed by atoms with van der Waals surface area (Å²) in [4.78, 5) is 9.89. The Bertz CT molecular complexity index is 343. The van der Waals surface area contributed by atoms with E-state index >= 15 is 0 Å². The molecular weight excluding hydrogens is 176 g/mol. The van der Waals surface area contributed by atoms with Gasteiger partial charge in [-0.25, -0.2) is 0 Å². The highest BCUT2D eigenvalue weighted by molar-refractivity contribution is 5.37. The summed E-state index contributed by atoms with van der Waals surface area (Å²) in [6.07, 6.45) is 1.29. The summed E-state index contributed by atoms with van der Waals surface area (Å²) in [5.41, 5.74) is -0.883. The lowest BCUT2D eigenvalue weighted by molar-refractivity contribution is -0.391. The van der Waals surface area contributed by atoms with Crippen molar-refractivity contribution in [2.24, 2.45) is 0 Å². The summed E-state index contributed by atoms with van der Waals surface area (Å²) < 4.78 is 0. The lowest BCUT2D eigenvalue weighted by Gasteiger charge is -2.36. The van der Waals surface area contributed by atoms with Crippen molar-refractivity contribution < 1.29 is 10.0 Å². The number of aromatic nitrogens is 2. The second-order valence-corrected chi connectivity index (χ2v) is 3.02. The van der Waals surface area contributed by atoms with Crippen LogP contribution in [0.1, 0.15) is 5.56 Å². The van der Waals surface area contributed by atoms with Gasteiger partial charge in [-0.2, -0.15) is 0 Å². The highest BCUT2D eigenvalue weighted by Gasteiger charge is 2.42. The Balaban J connectivity index is 2.39. The Morgan fingerprint density at radius 1 is 1.69 bits per heavy atom. The molecule has 0 aliphatic carbocycles. The van der Waals surface area contributed by atoms with E-state index in [9.17, 15) is 15.2 Å². The van der Waals surface area contributed by atoms with Crippen molar-refractivity contribution >= 4 is 5.82 Å². The molecule has 2 rings (SSSR count). The molecule has 0 amide bonds. The van der Waals surface area contributed by atoms with Gasteiger partial charge in [0.1, 0.15) is 11.2 Å². The van der Waals surface area contributed by atoms with Gasteiger partial charge >= 0.3 is 5.82 Å². The number of hydrogen-bond donors (Lipinski definition) is 3. The van der Waals surface area contributed by atoms with Gasteiger partial charge < -0.3 is 20.5 Å². The molecule has 3 N–H and O–H groups in total. The number of aliphatic hydroxyl groups is 1. The molecule has 7 nitrogen and oxygen atoms in total. The molecule has 0 unspecified atom stereocenters. The van der Waals surface area contributed by atoms with E-state index in [-0.39, 0.29) is 11.4 Å². The topological polar surface area (TPSA) is 104 Å². The fourth-order valence-electron chi connectivity index (χ4n) is 1.31. The predicted octanol–water partition coefficient (Wildman–Crippen LogP) is -0.891. The third kappa shape index (κ3) is 1.09. The zero-order valence-electron chi connectivity index (χ0n) is 6.65. The van der Waals surface area contributed by atoms with Crippen LogP contribution in [-0.2, 0) is 5.60 Å². The average Bonchev–Trinajstić information content (AvgIpc) is 2.47. The predicted molar refractivity (Wildman–Crippen MR) is 42.0 cm³/mol. The molecule has 70 valence electrons. The molecule has 1 aliphatic rings. The Morgan fingerprint density at radius 2 is 2.38 bits per heavy atom. The second-order valence-electron chi connectivity index (χ2n) is 3.02. The summed E-state index contributed by atoms with van der Waals surface area (Å²) in [5, 5.41) is 28.9. The largest absolute Gasteiger partial charge is 0.382 e. The molecule has 1 aliphatic heterocycles. The van der Waals surface area contributed by atoms with Crippen molar-refractivity contribution in [1.29, 1.82) is 0 Å². The normalized spacial score (nSPS) is 19.5. The first-order valence-electron chi connectivity index (χ1n) is 3.75. The first-order chi connectivity index (χ1) is 6.13. The summed E-state index contributed by atoms with van der Waals surface area (Å²) in [6, 6.07) is 0. The number of nitrogens with one attached hydrogen (secondary N) is 2. The Kier molecular flexibility index (Phi) is 1.57. The van der Waals surface area contributed by atoms with Gasteiger partial charge in [0.05, 0.1) is 6.20 Å². The molecule has 0 saturated carbocycles. The van der Waals surface area contributed by atoms with Crippen LogP contribution >= 0.6 is 0 Å². The smallest absolute Gasteiger partial charge is 0.348 e. The Morgan fingerprint density at radius 3 is 2.85 bits per heavy atom. The first kappa shape index (κ1) is 8.14. The number of hydrogen-bond acceptors (Lipinski definition) is 5. The molecule has 13 heavy (non-hydrogen) atoms. The van der Waals surface area contributed by atoms with Gasteiger partial charge in [0.25, 0.3) is 0 Å². The molecule has 1 fully saturated rings. The third-order valence-electron chi connectivity index (χ3n) is 2.14. The lowest BCUT2D eigenvalue weighted by Crippen LogP contribution is -2.56. The molecule has 0 bridgehead atoms. The molecule has 1 aromatic rings. The SMILES string of the molecule is O=[N+]([O-])c1[nH]ncc1C1(O)CNC1. The van der Waals surface area contributed by atoms with Crippen molar-refractivity contribution in [2.75, 3.05) is 13.1 Å². The van der Waals surface area contributed by atoms with Crippen molar-refractivity contribution in [3.05, 3.63) is 21.9 Å². The van der Waals surface area contributed by atoms with Gasteiger partial charge in [-0.15, -0.1) is 5.10 Å². The molecule has 2 heterocycles. The highest BCUT2D eigenvalue weighted by atomic mass is 16.6. The van der Waals surface area contributed by atoms with E-state index < -0.39 is 10.5 Å². The number of H-pyrrole nitrogens is 1. The third-order valence-corrected chi connectivity index (χ3v) is 2.14. The van der Waals surface area contributed by atoms with Gasteiger partial charge in [-0.05, 0) is 4.92 Å². The lowest BCUT2D eigenvalue weighted by atomic mass is 9.90. The van der Waals surface area contributed by atoms with E-state index in [1.807, 2.05) is 0 Å².